The zero-order valence-corrected chi connectivity index (χ0v) is 14.7. The molecule has 0 heterocycles. The van der Waals surface area contributed by atoms with E-state index in [1.54, 1.807) is 6.07 Å². The Kier molecular flexibility index (Phi) is 6.57. The Morgan fingerprint density at radius 2 is 1.72 bits per heavy atom. The molecule has 0 fully saturated rings. The van der Waals surface area contributed by atoms with E-state index in [9.17, 15) is 9.59 Å². The summed E-state index contributed by atoms with van der Waals surface area (Å²) in [6.07, 6.45) is 2.09. The van der Waals surface area contributed by atoms with Crippen molar-refractivity contribution in [3.8, 4) is 17.2 Å². The number of aryl methyl sites for hydroxylation is 1. The molecule has 5 heteroatoms. The number of carbonyl (C=O) groups is 2. The van der Waals surface area contributed by atoms with E-state index in [1.807, 2.05) is 24.3 Å². The predicted octanol–water partition coefficient (Wildman–Crippen LogP) is 3.83. The Morgan fingerprint density at radius 1 is 1.00 bits per heavy atom. The summed E-state index contributed by atoms with van der Waals surface area (Å²) < 4.78 is 15.9. The average Bonchev–Trinajstić information content (AvgIpc) is 2.61. The van der Waals surface area contributed by atoms with E-state index < -0.39 is 5.97 Å². The lowest BCUT2D eigenvalue weighted by Crippen LogP contribution is -2.18. The van der Waals surface area contributed by atoms with Crippen LogP contribution in [0.1, 0.15) is 36.2 Å². The number of carbonyl (C=O) groups excluding carboxylic acids is 2. The maximum atomic E-state index is 12.0. The van der Waals surface area contributed by atoms with Gasteiger partial charge in [0.1, 0.15) is 5.75 Å². The Balaban J connectivity index is 1.94. The van der Waals surface area contributed by atoms with Gasteiger partial charge in [0.2, 0.25) is 0 Å². The van der Waals surface area contributed by atoms with E-state index in [-0.39, 0.29) is 18.1 Å². The number of Topliss-reactive ketones (excluding diaryl/α,β-unsaturated/α-hetero) is 1. The molecule has 2 aromatic rings. The van der Waals surface area contributed by atoms with Crippen LogP contribution < -0.4 is 14.2 Å². The molecule has 0 spiro atoms. The van der Waals surface area contributed by atoms with Crippen LogP contribution in [0.5, 0.6) is 17.2 Å². The summed E-state index contributed by atoms with van der Waals surface area (Å²) in [6, 6.07) is 12.3. The minimum Gasteiger partial charge on any atom is -0.493 e. The number of rotatable bonds is 8. The van der Waals surface area contributed by atoms with Crippen molar-refractivity contribution < 1.29 is 23.8 Å². The molecular weight excluding hydrogens is 320 g/mol. The normalized spacial score (nSPS) is 10.2. The summed E-state index contributed by atoms with van der Waals surface area (Å²) in [7, 11) is 1.45. The third kappa shape index (κ3) is 5.35. The number of ether oxygens (including phenoxy) is 3. The lowest BCUT2D eigenvalue weighted by atomic mass is 10.1. The minimum absolute atomic E-state index is 0.0916. The van der Waals surface area contributed by atoms with Crippen molar-refractivity contribution in [2.45, 2.75) is 26.7 Å². The highest BCUT2D eigenvalue weighted by atomic mass is 16.6. The smallest absolute Gasteiger partial charge is 0.349 e. The molecule has 0 aliphatic carbocycles. The molecular formula is C20H22O5. The highest BCUT2D eigenvalue weighted by Crippen LogP contribution is 2.28. The third-order valence-electron chi connectivity index (χ3n) is 3.61. The van der Waals surface area contributed by atoms with E-state index in [4.69, 9.17) is 14.2 Å². The number of ketones is 1. The van der Waals surface area contributed by atoms with Crippen LogP contribution >= 0.6 is 0 Å². The summed E-state index contributed by atoms with van der Waals surface area (Å²) in [5.41, 5.74) is 1.72. The van der Waals surface area contributed by atoms with Gasteiger partial charge in [0.15, 0.2) is 23.9 Å². The van der Waals surface area contributed by atoms with Gasteiger partial charge in [-0.25, -0.2) is 4.79 Å². The fourth-order valence-electron chi connectivity index (χ4n) is 2.31. The van der Waals surface area contributed by atoms with Gasteiger partial charge < -0.3 is 14.2 Å². The number of esters is 1. The first-order valence-electron chi connectivity index (χ1n) is 8.15. The first-order chi connectivity index (χ1) is 12.0. The van der Waals surface area contributed by atoms with Gasteiger partial charge in [-0.2, -0.15) is 0 Å². The lowest BCUT2D eigenvalue weighted by molar-refractivity contribution is -0.136. The first-order valence-corrected chi connectivity index (χ1v) is 8.15. The molecule has 0 saturated carbocycles. The van der Waals surface area contributed by atoms with E-state index >= 15 is 0 Å². The van der Waals surface area contributed by atoms with Gasteiger partial charge in [-0.05, 0) is 49.2 Å². The van der Waals surface area contributed by atoms with Crippen molar-refractivity contribution in [2.75, 3.05) is 13.7 Å². The van der Waals surface area contributed by atoms with Gasteiger partial charge in [-0.1, -0.05) is 25.5 Å². The van der Waals surface area contributed by atoms with E-state index in [0.717, 1.165) is 12.8 Å². The zero-order valence-electron chi connectivity index (χ0n) is 14.7. The van der Waals surface area contributed by atoms with E-state index in [2.05, 4.69) is 6.92 Å². The Labute approximate surface area is 147 Å². The molecule has 0 aliphatic heterocycles. The highest BCUT2D eigenvalue weighted by molar-refractivity contribution is 5.94. The fraction of sp³-hybridized carbons (Fsp3) is 0.300. The van der Waals surface area contributed by atoms with Crippen molar-refractivity contribution in [3.63, 3.8) is 0 Å². The monoisotopic (exact) mass is 342 g/mol. The van der Waals surface area contributed by atoms with Crippen molar-refractivity contribution in [2.24, 2.45) is 0 Å². The standard InChI is InChI=1S/C20H22O5/c1-4-5-15-6-9-17(10-7-15)24-13-20(22)25-18-11-8-16(14(2)21)12-19(18)23-3/h6-12H,4-5,13H2,1-3H3. The third-order valence-corrected chi connectivity index (χ3v) is 3.61. The molecule has 132 valence electrons. The van der Waals surface area contributed by atoms with Crippen LogP contribution in [0.15, 0.2) is 42.5 Å². The molecule has 25 heavy (non-hydrogen) atoms. The van der Waals surface area contributed by atoms with Crippen LogP contribution in [0.3, 0.4) is 0 Å². The van der Waals surface area contributed by atoms with Crippen molar-refractivity contribution in [3.05, 3.63) is 53.6 Å². The summed E-state index contributed by atoms with van der Waals surface area (Å²) in [5.74, 6) is 0.539. The summed E-state index contributed by atoms with van der Waals surface area (Å²) >= 11 is 0. The van der Waals surface area contributed by atoms with Crippen molar-refractivity contribution in [1.29, 1.82) is 0 Å². The summed E-state index contributed by atoms with van der Waals surface area (Å²) in [4.78, 5) is 23.4. The van der Waals surface area contributed by atoms with Crippen LogP contribution in [0.2, 0.25) is 0 Å². The molecule has 0 amide bonds. The molecule has 0 aliphatic rings. The largest absolute Gasteiger partial charge is 0.493 e. The van der Waals surface area contributed by atoms with Crippen LogP contribution in [-0.2, 0) is 11.2 Å². The Bertz CT molecular complexity index is 734. The zero-order chi connectivity index (χ0) is 18.2. The molecule has 0 aromatic heterocycles. The van der Waals surface area contributed by atoms with Crippen LogP contribution in [0.4, 0.5) is 0 Å². The Morgan fingerprint density at radius 3 is 2.32 bits per heavy atom. The topological polar surface area (TPSA) is 61.8 Å². The van der Waals surface area contributed by atoms with E-state index in [0.29, 0.717) is 17.1 Å². The molecule has 2 rings (SSSR count). The number of benzene rings is 2. The fourth-order valence-corrected chi connectivity index (χ4v) is 2.31. The van der Waals surface area contributed by atoms with Gasteiger partial charge in [0.25, 0.3) is 0 Å². The lowest BCUT2D eigenvalue weighted by Gasteiger charge is -2.11. The molecule has 0 saturated heterocycles. The molecule has 2 aromatic carbocycles. The van der Waals surface area contributed by atoms with E-state index in [1.165, 1.54) is 31.7 Å². The molecule has 0 radical (unpaired) electrons. The number of hydrogen-bond donors (Lipinski definition) is 0. The van der Waals surface area contributed by atoms with Crippen molar-refractivity contribution >= 4 is 11.8 Å². The van der Waals surface area contributed by atoms with Gasteiger partial charge in [0.05, 0.1) is 7.11 Å². The van der Waals surface area contributed by atoms with Crippen LogP contribution in [0.25, 0.3) is 0 Å². The minimum atomic E-state index is -0.550. The number of methoxy groups -OCH3 is 1. The molecule has 0 unspecified atom stereocenters. The summed E-state index contributed by atoms with van der Waals surface area (Å²) in [5, 5.41) is 0. The SMILES string of the molecule is CCCc1ccc(OCC(=O)Oc2ccc(C(C)=O)cc2OC)cc1. The quantitative estimate of drug-likeness (QED) is 0.414. The molecule has 0 bridgehead atoms. The highest BCUT2D eigenvalue weighted by Gasteiger charge is 2.13. The van der Waals surface area contributed by atoms with Gasteiger partial charge in [-0.15, -0.1) is 0 Å². The van der Waals surface area contributed by atoms with Crippen molar-refractivity contribution in [1.82, 2.24) is 0 Å². The maximum Gasteiger partial charge on any atom is 0.349 e. The van der Waals surface area contributed by atoms with Gasteiger partial charge in [0, 0.05) is 5.56 Å². The molecule has 0 N–H and O–H groups in total. The van der Waals surface area contributed by atoms with Crippen LogP contribution in [0, 0.1) is 0 Å². The average molecular weight is 342 g/mol. The number of hydrogen-bond acceptors (Lipinski definition) is 5. The predicted molar refractivity (Wildman–Crippen MR) is 94.6 cm³/mol. The Hall–Kier alpha value is -2.82. The molecule has 0 atom stereocenters. The second-order valence-electron chi connectivity index (χ2n) is 5.58. The van der Waals surface area contributed by atoms with Gasteiger partial charge in [-0.3, -0.25) is 4.79 Å². The molecule has 5 nitrogen and oxygen atoms in total. The first kappa shape index (κ1) is 18.5. The second kappa shape index (κ2) is 8.87. The summed E-state index contributed by atoms with van der Waals surface area (Å²) in [6.45, 7) is 3.36. The van der Waals surface area contributed by atoms with Crippen LogP contribution in [-0.4, -0.2) is 25.5 Å². The maximum absolute atomic E-state index is 12.0. The second-order valence-corrected chi connectivity index (χ2v) is 5.58. The van der Waals surface area contributed by atoms with Gasteiger partial charge >= 0.3 is 5.97 Å².